The smallest absolute Gasteiger partial charge is 0.224 e. The number of Topliss-reactive ketones (excluding diaryl/α,β-unsaturated/α-hetero) is 1. The molecule has 0 aromatic carbocycles. The summed E-state index contributed by atoms with van der Waals surface area (Å²) in [6, 6.07) is 3.05. The Kier molecular flexibility index (Phi) is 5.74. The van der Waals surface area contributed by atoms with Crippen LogP contribution in [0.4, 0.5) is 0 Å². The van der Waals surface area contributed by atoms with Gasteiger partial charge in [-0.1, -0.05) is 12.8 Å². The number of hydrogen-bond acceptors (Lipinski definition) is 6. The van der Waals surface area contributed by atoms with Gasteiger partial charge in [0.1, 0.15) is 6.04 Å². The molecule has 1 saturated heterocycles. The van der Waals surface area contributed by atoms with Crippen LogP contribution in [0.15, 0.2) is 18.5 Å². The number of imidazole rings is 1. The molecule has 156 valence electrons. The number of aromatic amines is 1. The molecule has 2 amide bonds. The minimum Gasteiger partial charge on any atom is -0.356 e. The van der Waals surface area contributed by atoms with E-state index in [1.54, 1.807) is 18.5 Å². The second kappa shape index (κ2) is 8.61. The molecule has 4 rings (SSSR count). The second-order valence-electron chi connectivity index (χ2n) is 8.18. The Balaban J connectivity index is 1.41. The number of carbonyl (C=O) groups is 3. The summed E-state index contributed by atoms with van der Waals surface area (Å²) < 4.78 is 0. The Hall–Kier alpha value is -3.28. The number of nitrogens with zero attached hydrogens (tertiary/aromatic N) is 3. The Bertz CT molecular complexity index is 973. The lowest BCUT2D eigenvalue weighted by atomic mass is 9.93. The Morgan fingerprint density at radius 3 is 2.80 bits per heavy atom. The highest BCUT2D eigenvalue weighted by atomic mass is 16.2. The number of aromatic nitrogens is 3. The van der Waals surface area contributed by atoms with Crippen LogP contribution in [0.2, 0.25) is 0 Å². The predicted octanol–water partition coefficient (Wildman–Crippen LogP) is 1.48. The fourth-order valence-electron chi connectivity index (χ4n) is 3.94. The van der Waals surface area contributed by atoms with Crippen LogP contribution in [0, 0.1) is 29.1 Å². The van der Waals surface area contributed by atoms with E-state index in [2.05, 4.69) is 31.7 Å². The monoisotopic (exact) mass is 408 g/mol. The highest BCUT2D eigenvalue weighted by Gasteiger charge is 2.34. The highest BCUT2D eigenvalue weighted by molar-refractivity contribution is 5.98. The van der Waals surface area contributed by atoms with Crippen molar-refractivity contribution in [2.24, 2.45) is 17.8 Å². The highest BCUT2D eigenvalue weighted by Crippen LogP contribution is 2.36. The van der Waals surface area contributed by atoms with Gasteiger partial charge in [0, 0.05) is 31.0 Å². The maximum atomic E-state index is 12.9. The minimum atomic E-state index is -0.750. The van der Waals surface area contributed by atoms with E-state index in [-0.39, 0.29) is 42.2 Å². The molecule has 3 unspecified atom stereocenters. The Morgan fingerprint density at radius 2 is 2.13 bits per heavy atom. The van der Waals surface area contributed by atoms with Crippen molar-refractivity contribution in [2.75, 3.05) is 6.54 Å². The van der Waals surface area contributed by atoms with Crippen LogP contribution in [0.25, 0.3) is 11.0 Å². The van der Waals surface area contributed by atoms with Crippen LogP contribution in [-0.2, 0) is 9.59 Å². The summed E-state index contributed by atoms with van der Waals surface area (Å²) in [4.78, 5) is 48.8. The molecule has 0 radical (unpaired) electrons. The van der Waals surface area contributed by atoms with Gasteiger partial charge in [-0.3, -0.25) is 19.4 Å². The molecule has 3 N–H and O–H groups in total. The number of nitrogens with one attached hydrogen (secondary N) is 3. The van der Waals surface area contributed by atoms with E-state index in [0.717, 1.165) is 12.8 Å². The molecule has 9 heteroatoms. The zero-order valence-corrected chi connectivity index (χ0v) is 16.6. The van der Waals surface area contributed by atoms with Crippen LogP contribution < -0.4 is 10.6 Å². The van der Waals surface area contributed by atoms with E-state index in [0.29, 0.717) is 36.3 Å². The predicted molar refractivity (Wildman–Crippen MR) is 107 cm³/mol. The van der Waals surface area contributed by atoms with Gasteiger partial charge in [0.25, 0.3) is 0 Å². The molecule has 2 aromatic rings. The van der Waals surface area contributed by atoms with E-state index in [4.69, 9.17) is 0 Å². The number of pyridine rings is 1. The van der Waals surface area contributed by atoms with Crippen molar-refractivity contribution in [1.29, 1.82) is 5.26 Å². The second-order valence-corrected chi connectivity index (χ2v) is 8.18. The molecule has 3 atom stereocenters. The summed E-state index contributed by atoms with van der Waals surface area (Å²) in [5.41, 5.74) is 1.32. The minimum absolute atomic E-state index is 0.0254. The number of rotatable bonds is 9. The fraction of sp³-hybridized carbons (Fsp3) is 0.524. The molecule has 0 spiro atoms. The maximum Gasteiger partial charge on any atom is 0.224 e. The molecule has 2 aromatic heterocycles. The summed E-state index contributed by atoms with van der Waals surface area (Å²) in [7, 11) is 0. The van der Waals surface area contributed by atoms with E-state index in [9.17, 15) is 19.6 Å². The summed E-state index contributed by atoms with van der Waals surface area (Å²) in [5, 5.41) is 15.0. The number of ketones is 1. The van der Waals surface area contributed by atoms with Crippen LogP contribution in [0.1, 0.15) is 49.1 Å². The molecule has 1 aliphatic carbocycles. The molecule has 9 nitrogen and oxygen atoms in total. The van der Waals surface area contributed by atoms with Crippen LogP contribution in [0.3, 0.4) is 0 Å². The molecule has 3 heterocycles. The van der Waals surface area contributed by atoms with Crippen LogP contribution >= 0.6 is 0 Å². The standard InChI is InChI=1S/C21H24N6O3/c22-10-15(8-13-3-6-24-20(13)29)25-21(30)14(7-12-1-2-12)9-18(28)19-26-16-4-5-23-11-17(16)27-19/h4-5,11-15H,1-3,6-9H2,(H,24,29)(H,25,30)(H,26,27). The average Bonchev–Trinajstić information content (AvgIpc) is 3.30. The van der Waals surface area contributed by atoms with Gasteiger partial charge < -0.3 is 15.6 Å². The molecule has 2 aliphatic rings. The largest absolute Gasteiger partial charge is 0.356 e. The first kappa shape index (κ1) is 20.0. The van der Waals surface area contributed by atoms with Crippen LogP contribution in [-0.4, -0.2) is 45.1 Å². The third-order valence-electron chi connectivity index (χ3n) is 5.82. The van der Waals surface area contributed by atoms with Crippen molar-refractivity contribution in [3.8, 4) is 6.07 Å². The molecule has 2 fully saturated rings. The molecular formula is C21H24N6O3. The number of H-pyrrole nitrogens is 1. The third-order valence-corrected chi connectivity index (χ3v) is 5.82. The quantitative estimate of drug-likeness (QED) is 0.537. The Morgan fingerprint density at radius 1 is 1.30 bits per heavy atom. The van der Waals surface area contributed by atoms with Crippen molar-refractivity contribution in [3.63, 3.8) is 0 Å². The SMILES string of the molecule is N#CC(CC1CCNC1=O)NC(=O)C(CC(=O)c1nc2ccncc2[nH]1)CC1CC1. The van der Waals surface area contributed by atoms with Gasteiger partial charge in [0.15, 0.2) is 11.6 Å². The van der Waals surface area contributed by atoms with Crippen molar-refractivity contribution in [1.82, 2.24) is 25.6 Å². The maximum absolute atomic E-state index is 12.9. The van der Waals surface area contributed by atoms with Gasteiger partial charge in [-0.15, -0.1) is 0 Å². The van der Waals surface area contributed by atoms with Gasteiger partial charge in [-0.05, 0) is 31.2 Å². The summed E-state index contributed by atoms with van der Waals surface area (Å²) in [6.45, 7) is 0.599. The number of nitriles is 1. The first-order valence-electron chi connectivity index (χ1n) is 10.3. The lowest BCUT2D eigenvalue weighted by Gasteiger charge is -2.19. The van der Waals surface area contributed by atoms with Crippen molar-refractivity contribution < 1.29 is 14.4 Å². The first-order valence-corrected chi connectivity index (χ1v) is 10.3. The van der Waals surface area contributed by atoms with E-state index in [1.165, 1.54) is 0 Å². The summed E-state index contributed by atoms with van der Waals surface area (Å²) >= 11 is 0. The molecule has 1 saturated carbocycles. The van der Waals surface area contributed by atoms with Crippen LogP contribution in [0.5, 0.6) is 0 Å². The van der Waals surface area contributed by atoms with Crippen molar-refractivity contribution in [2.45, 2.75) is 44.6 Å². The van der Waals surface area contributed by atoms with Gasteiger partial charge >= 0.3 is 0 Å². The van der Waals surface area contributed by atoms with E-state index < -0.39 is 12.0 Å². The summed E-state index contributed by atoms with van der Waals surface area (Å²) in [6.07, 6.45) is 6.90. The third kappa shape index (κ3) is 4.64. The molecular weight excluding hydrogens is 384 g/mol. The van der Waals surface area contributed by atoms with Gasteiger partial charge in [-0.25, -0.2) is 4.98 Å². The molecule has 30 heavy (non-hydrogen) atoms. The van der Waals surface area contributed by atoms with Crippen molar-refractivity contribution >= 4 is 28.6 Å². The van der Waals surface area contributed by atoms with Crippen molar-refractivity contribution in [3.05, 3.63) is 24.3 Å². The summed E-state index contributed by atoms with van der Waals surface area (Å²) in [5.74, 6) is -0.755. The lowest BCUT2D eigenvalue weighted by Crippen LogP contribution is -2.40. The number of carbonyl (C=O) groups excluding carboxylic acids is 3. The number of hydrogen-bond donors (Lipinski definition) is 3. The first-order chi connectivity index (χ1) is 14.5. The number of amides is 2. The van der Waals surface area contributed by atoms with Gasteiger partial charge in [-0.2, -0.15) is 5.26 Å². The lowest BCUT2D eigenvalue weighted by molar-refractivity contribution is -0.127. The van der Waals surface area contributed by atoms with E-state index in [1.807, 2.05) is 0 Å². The fourth-order valence-corrected chi connectivity index (χ4v) is 3.94. The normalized spacial score (nSPS) is 20.4. The zero-order valence-electron chi connectivity index (χ0n) is 16.6. The number of fused-ring (bicyclic) bond motifs is 1. The van der Waals surface area contributed by atoms with E-state index >= 15 is 0 Å². The van der Waals surface area contributed by atoms with Gasteiger partial charge in [0.05, 0.1) is 23.3 Å². The topological polar surface area (TPSA) is 141 Å². The molecule has 0 bridgehead atoms. The Labute approximate surface area is 173 Å². The average molecular weight is 408 g/mol. The van der Waals surface area contributed by atoms with Gasteiger partial charge in [0.2, 0.25) is 11.8 Å². The zero-order chi connectivity index (χ0) is 21.1. The molecule has 1 aliphatic heterocycles.